The van der Waals surface area contributed by atoms with Gasteiger partial charge in [-0.2, -0.15) is 0 Å². The van der Waals surface area contributed by atoms with Crippen LogP contribution < -0.4 is 5.32 Å². The largest absolute Gasteiger partial charge is 0.481 e. The Morgan fingerprint density at radius 3 is 2.50 bits per heavy atom. The lowest BCUT2D eigenvalue weighted by Crippen LogP contribution is -2.36. The first-order chi connectivity index (χ1) is 9.15. The number of carbonyl (C=O) groups excluding carboxylic acids is 1. The van der Waals surface area contributed by atoms with E-state index in [0.717, 1.165) is 6.42 Å². The Kier molecular flexibility index (Phi) is 5.60. The molecule has 0 aromatic rings. The van der Waals surface area contributed by atoms with Crippen LogP contribution in [0, 0.1) is 16.7 Å². The molecular formula is C16H29NO3. The van der Waals surface area contributed by atoms with Crippen molar-refractivity contribution in [3.05, 3.63) is 0 Å². The molecule has 116 valence electrons. The molecule has 0 aromatic heterocycles. The first-order valence-corrected chi connectivity index (χ1v) is 7.65. The van der Waals surface area contributed by atoms with Crippen molar-refractivity contribution in [1.82, 2.24) is 5.32 Å². The van der Waals surface area contributed by atoms with Crippen LogP contribution in [0.15, 0.2) is 0 Å². The third-order valence-corrected chi connectivity index (χ3v) is 4.81. The highest BCUT2D eigenvalue weighted by Crippen LogP contribution is 2.42. The zero-order chi connectivity index (χ0) is 15.4. The Labute approximate surface area is 122 Å². The number of amides is 1. The molecule has 1 fully saturated rings. The van der Waals surface area contributed by atoms with Gasteiger partial charge in [0.1, 0.15) is 0 Å². The molecule has 0 radical (unpaired) electrons. The van der Waals surface area contributed by atoms with Crippen LogP contribution in [0.3, 0.4) is 0 Å². The number of rotatable bonds is 6. The summed E-state index contributed by atoms with van der Waals surface area (Å²) < 4.78 is 0. The molecule has 1 atom stereocenters. The van der Waals surface area contributed by atoms with E-state index >= 15 is 0 Å². The molecule has 0 saturated heterocycles. The van der Waals surface area contributed by atoms with E-state index in [9.17, 15) is 9.59 Å². The van der Waals surface area contributed by atoms with Crippen LogP contribution in [-0.4, -0.2) is 23.5 Å². The highest BCUT2D eigenvalue weighted by molar-refractivity contribution is 5.76. The number of hydrogen-bond acceptors (Lipinski definition) is 2. The van der Waals surface area contributed by atoms with E-state index in [1.165, 1.54) is 19.3 Å². The highest BCUT2D eigenvalue weighted by atomic mass is 16.4. The molecule has 0 bridgehead atoms. The van der Waals surface area contributed by atoms with Crippen LogP contribution >= 0.6 is 0 Å². The summed E-state index contributed by atoms with van der Waals surface area (Å²) in [4.78, 5) is 23.0. The third-order valence-electron chi connectivity index (χ3n) is 4.81. The minimum absolute atomic E-state index is 0.0613. The van der Waals surface area contributed by atoms with Crippen molar-refractivity contribution in [2.24, 2.45) is 16.7 Å². The lowest BCUT2D eigenvalue weighted by molar-refractivity contribution is -0.147. The zero-order valence-electron chi connectivity index (χ0n) is 13.3. The van der Waals surface area contributed by atoms with Crippen LogP contribution in [0.1, 0.15) is 66.2 Å². The van der Waals surface area contributed by atoms with Gasteiger partial charge in [0, 0.05) is 13.0 Å². The Morgan fingerprint density at radius 2 is 1.95 bits per heavy atom. The maximum atomic E-state index is 12.0. The SMILES string of the molecule is CC(C)(CCNC(=O)CC1CCCCC1(C)C)C(=O)O. The lowest BCUT2D eigenvalue weighted by Gasteiger charge is -2.38. The van der Waals surface area contributed by atoms with Gasteiger partial charge in [-0.1, -0.05) is 26.7 Å². The van der Waals surface area contributed by atoms with Crippen molar-refractivity contribution < 1.29 is 14.7 Å². The number of hydrogen-bond donors (Lipinski definition) is 2. The van der Waals surface area contributed by atoms with Gasteiger partial charge in [0.25, 0.3) is 0 Å². The number of nitrogens with one attached hydrogen (secondary N) is 1. The minimum Gasteiger partial charge on any atom is -0.481 e. The minimum atomic E-state index is -0.819. The molecule has 2 N–H and O–H groups in total. The van der Waals surface area contributed by atoms with E-state index in [2.05, 4.69) is 19.2 Å². The summed E-state index contributed by atoms with van der Waals surface area (Å²) in [5.74, 6) is -0.310. The second-order valence-corrected chi connectivity index (χ2v) is 7.42. The third kappa shape index (κ3) is 4.80. The van der Waals surface area contributed by atoms with E-state index in [-0.39, 0.29) is 11.3 Å². The van der Waals surface area contributed by atoms with E-state index in [1.807, 2.05) is 0 Å². The average molecular weight is 283 g/mol. The summed E-state index contributed by atoms with van der Waals surface area (Å²) in [6, 6.07) is 0. The van der Waals surface area contributed by atoms with E-state index < -0.39 is 11.4 Å². The molecule has 0 aromatic carbocycles. The Balaban J connectivity index is 2.35. The highest BCUT2D eigenvalue weighted by Gasteiger charge is 2.33. The van der Waals surface area contributed by atoms with Crippen LogP contribution in [-0.2, 0) is 9.59 Å². The zero-order valence-corrected chi connectivity index (χ0v) is 13.3. The molecule has 4 nitrogen and oxygen atoms in total. The van der Waals surface area contributed by atoms with Gasteiger partial charge in [-0.05, 0) is 44.4 Å². The van der Waals surface area contributed by atoms with Gasteiger partial charge in [-0.15, -0.1) is 0 Å². The summed E-state index contributed by atoms with van der Waals surface area (Å²) in [6.07, 6.45) is 5.83. The standard InChI is InChI=1S/C16H29NO3/c1-15(2)8-6-5-7-12(15)11-13(18)17-10-9-16(3,4)14(19)20/h12H,5-11H2,1-4H3,(H,17,18)(H,19,20). The molecule has 1 aliphatic rings. The van der Waals surface area contributed by atoms with E-state index in [4.69, 9.17) is 5.11 Å². The van der Waals surface area contributed by atoms with Gasteiger partial charge in [-0.3, -0.25) is 9.59 Å². The average Bonchev–Trinajstić information content (AvgIpc) is 2.31. The predicted octanol–water partition coefficient (Wildman–Crippen LogP) is 3.21. The van der Waals surface area contributed by atoms with Crippen molar-refractivity contribution in [1.29, 1.82) is 0 Å². The van der Waals surface area contributed by atoms with Crippen LogP contribution in [0.4, 0.5) is 0 Å². The van der Waals surface area contributed by atoms with Crippen molar-refractivity contribution >= 4 is 11.9 Å². The number of carboxylic acid groups (broad SMARTS) is 1. The predicted molar refractivity (Wildman–Crippen MR) is 79.4 cm³/mol. The fourth-order valence-electron chi connectivity index (χ4n) is 2.86. The Morgan fingerprint density at radius 1 is 1.30 bits per heavy atom. The molecular weight excluding hydrogens is 254 g/mol. The maximum Gasteiger partial charge on any atom is 0.309 e. The lowest BCUT2D eigenvalue weighted by atomic mass is 9.67. The quantitative estimate of drug-likeness (QED) is 0.786. The molecule has 1 amide bonds. The summed E-state index contributed by atoms with van der Waals surface area (Å²) in [5.41, 5.74) is -0.534. The topological polar surface area (TPSA) is 66.4 Å². The monoisotopic (exact) mass is 283 g/mol. The van der Waals surface area contributed by atoms with Gasteiger partial charge in [0.15, 0.2) is 0 Å². The first kappa shape index (κ1) is 17.0. The summed E-state index contributed by atoms with van der Waals surface area (Å²) in [5, 5.41) is 11.9. The summed E-state index contributed by atoms with van der Waals surface area (Å²) in [6.45, 7) is 8.30. The van der Waals surface area contributed by atoms with Crippen molar-refractivity contribution in [3.63, 3.8) is 0 Å². The number of aliphatic carboxylic acids is 1. The van der Waals surface area contributed by atoms with Crippen molar-refractivity contribution in [2.45, 2.75) is 66.2 Å². The maximum absolute atomic E-state index is 12.0. The summed E-state index contributed by atoms with van der Waals surface area (Å²) in [7, 11) is 0. The Bertz CT molecular complexity index is 361. The van der Waals surface area contributed by atoms with Crippen molar-refractivity contribution in [2.75, 3.05) is 6.54 Å². The molecule has 1 unspecified atom stereocenters. The number of carboxylic acids is 1. The van der Waals surface area contributed by atoms with E-state index in [0.29, 0.717) is 25.3 Å². The van der Waals surface area contributed by atoms with Crippen LogP contribution in [0.5, 0.6) is 0 Å². The molecule has 1 saturated carbocycles. The number of carbonyl (C=O) groups is 2. The smallest absolute Gasteiger partial charge is 0.309 e. The van der Waals surface area contributed by atoms with Crippen LogP contribution in [0.2, 0.25) is 0 Å². The first-order valence-electron chi connectivity index (χ1n) is 7.65. The van der Waals surface area contributed by atoms with E-state index in [1.54, 1.807) is 13.8 Å². The molecule has 1 aliphatic carbocycles. The van der Waals surface area contributed by atoms with Gasteiger partial charge in [0.2, 0.25) is 5.91 Å². The van der Waals surface area contributed by atoms with Crippen LogP contribution in [0.25, 0.3) is 0 Å². The second kappa shape index (κ2) is 6.59. The Hall–Kier alpha value is -1.06. The fraction of sp³-hybridized carbons (Fsp3) is 0.875. The molecule has 0 spiro atoms. The molecule has 20 heavy (non-hydrogen) atoms. The summed E-state index contributed by atoms with van der Waals surface area (Å²) >= 11 is 0. The van der Waals surface area contributed by atoms with Gasteiger partial charge in [-0.25, -0.2) is 0 Å². The van der Waals surface area contributed by atoms with Gasteiger partial charge in [0.05, 0.1) is 5.41 Å². The fourth-order valence-corrected chi connectivity index (χ4v) is 2.86. The van der Waals surface area contributed by atoms with Gasteiger partial charge < -0.3 is 10.4 Å². The second-order valence-electron chi connectivity index (χ2n) is 7.42. The molecule has 1 rings (SSSR count). The molecule has 0 heterocycles. The molecule has 0 aliphatic heterocycles. The normalized spacial score (nSPS) is 22.3. The molecule has 4 heteroatoms. The van der Waals surface area contributed by atoms with Gasteiger partial charge >= 0.3 is 5.97 Å². The van der Waals surface area contributed by atoms with Crippen molar-refractivity contribution in [3.8, 4) is 0 Å².